The zero-order valence-electron chi connectivity index (χ0n) is 7.40. The smallest absolute Gasteiger partial charge is 0.241 e. The van der Waals surface area contributed by atoms with Crippen molar-refractivity contribution >= 4 is 0 Å². The molecule has 0 spiro atoms. The Morgan fingerprint density at radius 1 is 1.50 bits per heavy atom. The van der Waals surface area contributed by atoms with Gasteiger partial charge in [0, 0.05) is 17.7 Å². The summed E-state index contributed by atoms with van der Waals surface area (Å²) in [4.78, 5) is 7.66. The molecule has 2 atom stereocenters. The van der Waals surface area contributed by atoms with Gasteiger partial charge in [0.15, 0.2) is 0 Å². The minimum Gasteiger partial charge on any atom is -0.388 e. The van der Waals surface area contributed by atoms with E-state index in [2.05, 4.69) is 9.97 Å². The third-order valence-electron chi connectivity index (χ3n) is 2.52. The van der Waals surface area contributed by atoms with Crippen LogP contribution in [0.4, 0.5) is 8.78 Å². The summed E-state index contributed by atoms with van der Waals surface area (Å²) < 4.78 is 24.9. The first-order valence-corrected chi connectivity index (χ1v) is 4.43. The summed E-state index contributed by atoms with van der Waals surface area (Å²) in [6.07, 6.45) is -0.106. The number of fused-ring (bicyclic) bond motifs is 1. The Hall–Kier alpha value is -1.10. The lowest BCUT2D eigenvalue weighted by Gasteiger charge is -2.26. The fourth-order valence-corrected chi connectivity index (χ4v) is 1.75. The second-order valence-corrected chi connectivity index (χ2v) is 3.47. The van der Waals surface area contributed by atoms with E-state index in [4.69, 9.17) is 0 Å². The van der Waals surface area contributed by atoms with E-state index in [0.717, 1.165) is 0 Å². The number of aliphatic hydroxyl groups is 1. The van der Waals surface area contributed by atoms with Gasteiger partial charge in [0.25, 0.3) is 0 Å². The van der Waals surface area contributed by atoms with E-state index in [9.17, 15) is 13.9 Å². The van der Waals surface area contributed by atoms with E-state index in [-0.39, 0.29) is 12.8 Å². The number of rotatable bonds is 1. The van der Waals surface area contributed by atoms with Crippen LogP contribution in [0.5, 0.6) is 0 Å². The molecular weight excluding hydrogens is 190 g/mol. The maximum atomic E-state index is 12.4. The van der Waals surface area contributed by atoms with E-state index in [1.165, 1.54) is 12.5 Å². The predicted octanol–water partition coefficient (Wildman–Crippen LogP) is 1.34. The van der Waals surface area contributed by atoms with E-state index in [1.807, 2.05) is 0 Å². The molecule has 0 saturated heterocycles. The fraction of sp³-hybridized carbons (Fsp3) is 0.556. The lowest BCUT2D eigenvalue weighted by molar-refractivity contribution is 0.0291. The van der Waals surface area contributed by atoms with E-state index >= 15 is 0 Å². The number of alkyl halides is 2. The van der Waals surface area contributed by atoms with Crippen molar-refractivity contribution in [1.82, 2.24) is 9.97 Å². The molecular formula is C9H10F2N2O. The monoisotopic (exact) mass is 200 g/mol. The average molecular weight is 200 g/mol. The normalized spacial score (nSPS) is 26.3. The Morgan fingerprint density at radius 2 is 2.29 bits per heavy atom. The van der Waals surface area contributed by atoms with Crippen LogP contribution >= 0.6 is 0 Å². The molecule has 3 nitrogen and oxygen atoms in total. The summed E-state index contributed by atoms with van der Waals surface area (Å²) in [5.74, 6) is -0.785. The summed E-state index contributed by atoms with van der Waals surface area (Å²) in [7, 11) is 0. The van der Waals surface area contributed by atoms with Gasteiger partial charge in [-0.3, -0.25) is 0 Å². The van der Waals surface area contributed by atoms with Gasteiger partial charge >= 0.3 is 0 Å². The third-order valence-corrected chi connectivity index (χ3v) is 2.52. The molecule has 0 aromatic carbocycles. The van der Waals surface area contributed by atoms with Crippen LogP contribution in [0, 0.1) is 5.92 Å². The fourth-order valence-electron chi connectivity index (χ4n) is 1.75. The van der Waals surface area contributed by atoms with Gasteiger partial charge in [-0.25, -0.2) is 18.7 Å². The second kappa shape index (κ2) is 3.57. The molecule has 1 N–H and O–H groups in total. The molecule has 1 aromatic heterocycles. The quantitative estimate of drug-likeness (QED) is 0.744. The van der Waals surface area contributed by atoms with Gasteiger partial charge in [0.2, 0.25) is 6.43 Å². The lowest BCUT2D eigenvalue weighted by atomic mass is 9.86. The lowest BCUT2D eigenvalue weighted by Crippen LogP contribution is -2.25. The molecule has 2 rings (SSSR count). The molecule has 76 valence electrons. The molecule has 0 unspecified atom stereocenters. The van der Waals surface area contributed by atoms with E-state index in [0.29, 0.717) is 11.3 Å². The molecule has 0 saturated carbocycles. The van der Waals surface area contributed by atoms with Crippen LogP contribution in [0.25, 0.3) is 0 Å². The minimum atomic E-state index is -2.40. The van der Waals surface area contributed by atoms with Crippen LogP contribution in [-0.4, -0.2) is 21.5 Å². The maximum absolute atomic E-state index is 12.4. The van der Waals surface area contributed by atoms with Crippen LogP contribution in [0.1, 0.15) is 23.8 Å². The molecule has 0 amide bonds. The summed E-state index contributed by atoms with van der Waals surface area (Å²) in [6, 6.07) is 0. The van der Waals surface area contributed by atoms with Gasteiger partial charge in [-0.15, -0.1) is 0 Å². The molecule has 1 aliphatic carbocycles. The van der Waals surface area contributed by atoms with Crippen molar-refractivity contribution in [2.75, 3.05) is 0 Å². The number of aromatic nitrogens is 2. The standard InChI is InChI=1S/C9H10F2N2O/c10-9(11)5-1-7-6(8(14)2-5)3-12-4-13-7/h3-5,8-9,14H,1-2H2/t5-,8+/m1/s1. The maximum Gasteiger partial charge on any atom is 0.241 e. The molecule has 0 fully saturated rings. The first kappa shape index (κ1) is 9.45. The zero-order valence-corrected chi connectivity index (χ0v) is 7.40. The Morgan fingerprint density at radius 3 is 3.00 bits per heavy atom. The van der Waals surface area contributed by atoms with Gasteiger partial charge in [-0.2, -0.15) is 0 Å². The molecule has 14 heavy (non-hydrogen) atoms. The topological polar surface area (TPSA) is 46.0 Å². The van der Waals surface area contributed by atoms with Crippen molar-refractivity contribution in [3.05, 3.63) is 23.8 Å². The second-order valence-electron chi connectivity index (χ2n) is 3.47. The number of halogens is 2. The van der Waals surface area contributed by atoms with Crippen LogP contribution in [0.15, 0.2) is 12.5 Å². The SMILES string of the molecule is O[C@H]1C[C@H](C(F)F)Cc2ncncc21. The van der Waals surface area contributed by atoms with Gasteiger partial charge < -0.3 is 5.11 Å². The molecule has 0 radical (unpaired) electrons. The largest absolute Gasteiger partial charge is 0.388 e. The van der Waals surface area contributed by atoms with Crippen LogP contribution in [0.3, 0.4) is 0 Å². The highest BCUT2D eigenvalue weighted by Crippen LogP contribution is 2.34. The van der Waals surface area contributed by atoms with Crippen molar-refractivity contribution in [1.29, 1.82) is 0 Å². The van der Waals surface area contributed by atoms with Crippen LogP contribution < -0.4 is 0 Å². The summed E-state index contributed by atoms with van der Waals surface area (Å²) >= 11 is 0. The highest BCUT2D eigenvalue weighted by Gasteiger charge is 2.31. The average Bonchev–Trinajstić information content (AvgIpc) is 2.17. The van der Waals surface area contributed by atoms with E-state index < -0.39 is 18.4 Å². The Balaban J connectivity index is 2.29. The zero-order chi connectivity index (χ0) is 10.1. The van der Waals surface area contributed by atoms with Crippen molar-refractivity contribution in [3.8, 4) is 0 Å². The first-order chi connectivity index (χ1) is 6.68. The molecule has 1 aromatic rings. The third kappa shape index (κ3) is 1.59. The first-order valence-electron chi connectivity index (χ1n) is 4.43. The highest BCUT2D eigenvalue weighted by atomic mass is 19.3. The summed E-state index contributed by atoms with van der Waals surface area (Å²) in [6.45, 7) is 0. The van der Waals surface area contributed by atoms with Crippen molar-refractivity contribution < 1.29 is 13.9 Å². The van der Waals surface area contributed by atoms with Crippen molar-refractivity contribution in [2.24, 2.45) is 5.92 Å². The van der Waals surface area contributed by atoms with Gasteiger partial charge in [0.05, 0.1) is 11.8 Å². The van der Waals surface area contributed by atoms with Gasteiger partial charge in [-0.05, 0) is 12.8 Å². The molecule has 0 bridgehead atoms. The van der Waals surface area contributed by atoms with E-state index in [1.54, 1.807) is 0 Å². The predicted molar refractivity (Wildman–Crippen MR) is 44.8 cm³/mol. The number of nitrogens with zero attached hydrogens (tertiary/aromatic N) is 2. The summed E-state index contributed by atoms with van der Waals surface area (Å²) in [5, 5.41) is 9.57. The number of hydrogen-bond donors (Lipinski definition) is 1. The molecule has 5 heteroatoms. The molecule has 1 aliphatic rings. The molecule has 1 heterocycles. The molecule has 0 aliphatic heterocycles. The minimum absolute atomic E-state index is 0.0953. The number of aliphatic hydroxyl groups excluding tert-OH is 1. The number of hydrogen-bond acceptors (Lipinski definition) is 3. The Kier molecular flexibility index (Phi) is 2.41. The highest BCUT2D eigenvalue weighted by molar-refractivity contribution is 5.22. The van der Waals surface area contributed by atoms with Crippen molar-refractivity contribution in [3.63, 3.8) is 0 Å². The Labute approximate surface area is 79.8 Å². The van der Waals surface area contributed by atoms with Crippen LogP contribution in [0.2, 0.25) is 0 Å². The van der Waals surface area contributed by atoms with Crippen molar-refractivity contribution in [2.45, 2.75) is 25.4 Å². The van der Waals surface area contributed by atoms with Crippen LogP contribution in [-0.2, 0) is 6.42 Å². The Bertz CT molecular complexity index is 332. The summed E-state index contributed by atoms with van der Waals surface area (Å²) in [5.41, 5.74) is 1.13. The van der Waals surface area contributed by atoms with Gasteiger partial charge in [0.1, 0.15) is 6.33 Å². The van der Waals surface area contributed by atoms with Gasteiger partial charge in [-0.1, -0.05) is 0 Å².